The van der Waals surface area contributed by atoms with Crippen LogP contribution in [0.25, 0.3) is 0 Å². The lowest BCUT2D eigenvalue weighted by molar-refractivity contribution is -0.0601. The maximum atomic E-state index is 11.4. The molecule has 0 N–H and O–H groups in total. The zero-order valence-electron chi connectivity index (χ0n) is 14.6. The van der Waals surface area contributed by atoms with Crippen molar-refractivity contribution in [3.8, 4) is 0 Å². The van der Waals surface area contributed by atoms with Crippen LogP contribution in [0.2, 0.25) is 0 Å². The molecule has 1 aliphatic heterocycles. The van der Waals surface area contributed by atoms with Crippen molar-refractivity contribution < 1.29 is 18.8 Å². The second-order valence-corrected chi connectivity index (χ2v) is 5.80. The number of methoxy groups -OCH3 is 1. The van der Waals surface area contributed by atoms with Crippen molar-refractivity contribution in [1.29, 1.82) is 0 Å². The Labute approximate surface area is 138 Å². The Balaban J connectivity index is 2.30. The third-order valence-corrected chi connectivity index (χ3v) is 5.09. The van der Waals surface area contributed by atoms with E-state index in [0.717, 1.165) is 25.7 Å². The van der Waals surface area contributed by atoms with Gasteiger partial charge in [-0.05, 0) is 25.7 Å². The van der Waals surface area contributed by atoms with Gasteiger partial charge in [0, 0.05) is 17.9 Å². The van der Waals surface area contributed by atoms with Crippen molar-refractivity contribution in [2.45, 2.75) is 64.6 Å². The number of hydrogen-bond acceptors (Lipinski definition) is 6. The van der Waals surface area contributed by atoms with Gasteiger partial charge in [-0.3, -0.25) is 0 Å². The van der Waals surface area contributed by atoms with Gasteiger partial charge in [-0.2, -0.15) is 0 Å². The van der Waals surface area contributed by atoms with E-state index >= 15 is 0 Å². The molecule has 1 saturated heterocycles. The molecular formula is C16H25BN2O4. The van der Waals surface area contributed by atoms with E-state index in [4.69, 9.17) is 9.31 Å². The number of aromatic nitrogens is 2. The SMILES string of the molecule is CCC1(CC)OB(c2cnc(C(=O)OC)nc2)OC1(CC)CC. The number of carbonyl (C=O) groups is 1. The molecule has 2 heterocycles. The van der Waals surface area contributed by atoms with Crippen molar-refractivity contribution in [3.05, 3.63) is 18.2 Å². The van der Waals surface area contributed by atoms with Crippen LogP contribution >= 0.6 is 0 Å². The van der Waals surface area contributed by atoms with Gasteiger partial charge in [0.05, 0.1) is 18.3 Å². The normalized spacial score (nSPS) is 18.9. The Bertz CT molecular complexity index is 522. The Morgan fingerprint density at radius 1 is 1.04 bits per heavy atom. The van der Waals surface area contributed by atoms with Crippen molar-refractivity contribution in [1.82, 2.24) is 9.97 Å². The molecule has 6 nitrogen and oxygen atoms in total. The summed E-state index contributed by atoms with van der Waals surface area (Å²) in [6, 6.07) is 0. The van der Waals surface area contributed by atoms with E-state index in [-0.39, 0.29) is 17.0 Å². The van der Waals surface area contributed by atoms with Crippen LogP contribution < -0.4 is 5.46 Å². The standard InChI is InChI=1S/C16H25BN2O4/c1-6-15(7-2)16(8-3,9-4)23-17(22-15)12-10-18-13(19-11-12)14(20)21-5/h10-11H,6-9H2,1-5H3. The number of carbonyl (C=O) groups excluding carboxylic acids is 1. The van der Waals surface area contributed by atoms with E-state index in [1.165, 1.54) is 7.11 Å². The molecule has 1 aliphatic rings. The maximum absolute atomic E-state index is 11.4. The van der Waals surface area contributed by atoms with Gasteiger partial charge in [-0.25, -0.2) is 14.8 Å². The number of esters is 1. The third kappa shape index (κ3) is 2.88. The second kappa shape index (κ2) is 6.97. The van der Waals surface area contributed by atoms with Gasteiger partial charge in [0.25, 0.3) is 0 Å². The molecule has 7 heteroatoms. The molecule has 1 aromatic rings. The molecule has 1 aromatic heterocycles. The van der Waals surface area contributed by atoms with Crippen LogP contribution in [0.5, 0.6) is 0 Å². The van der Waals surface area contributed by atoms with E-state index < -0.39 is 13.1 Å². The minimum absolute atomic E-state index is 0.0312. The maximum Gasteiger partial charge on any atom is 0.498 e. The molecule has 23 heavy (non-hydrogen) atoms. The lowest BCUT2D eigenvalue weighted by Crippen LogP contribution is -2.50. The first kappa shape index (κ1) is 17.9. The Kier molecular flexibility index (Phi) is 5.42. The van der Waals surface area contributed by atoms with Crippen molar-refractivity contribution in [3.63, 3.8) is 0 Å². The fourth-order valence-electron chi connectivity index (χ4n) is 3.56. The lowest BCUT2D eigenvalue weighted by Gasteiger charge is -2.42. The third-order valence-electron chi connectivity index (χ3n) is 5.09. The predicted octanol–water partition coefficient (Wildman–Crippen LogP) is 2.12. The van der Waals surface area contributed by atoms with Gasteiger partial charge >= 0.3 is 13.1 Å². The summed E-state index contributed by atoms with van der Waals surface area (Å²) in [7, 11) is 0.790. The Hall–Kier alpha value is -1.47. The number of nitrogens with zero attached hydrogens (tertiary/aromatic N) is 2. The fourth-order valence-corrected chi connectivity index (χ4v) is 3.56. The highest BCUT2D eigenvalue weighted by Gasteiger charge is 2.58. The summed E-state index contributed by atoms with van der Waals surface area (Å²) in [5.74, 6) is -0.526. The van der Waals surface area contributed by atoms with Crippen LogP contribution in [-0.4, -0.2) is 41.4 Å². The Morgan fingerprint density at radius 2 is 1.48 bits per heavy atom. The summed E-state index contributed by atoms with van der Waals surface area (Å²) in [6.07, 6.45) is 6.65. The van der Waals surface area contributed by atoms with Crippen LogP contribution in [0.15, 0.2) is 12.4 Å². The van der Waals surface area contributed by atoms with Gasteiger partial charge in [-0.15, -0.1) is 0 Å². The molecule has 126 valence electrons. The van der Waals surface area contributed by atoms with Crippen LogP contribution in [0.3, 0.4) is 0 Å². The molecule has 0 unspecified atom stereocenters. The molecule has 0 aromatic carbocycles. The molecule has 0 spiro atoms. The summed E-state index contributed by atoms with van der Waals surface area (Å²) >= 11 is 0. The van der Waals surface area contributed by atoms with E-state index in [9.17, 15) is 4.79 Å². The first-order chi connectivity index (χ1) is 11.0. The average Bonchev–Trinajstić information content (AvgIpc) is 2.96. The van der Waals surface area contributed by atoms with Gasteiger partial charge in [0.15, 0.2) is 0 Å². The summed E-state index contributed by atoms with van der Waals surface area (Å²) < 4.78 is 17.3. The number of ether oxygens (including phenoxy) is 1. The molecule has 0 amide bonds. The fraction of sp³-hybridized carbons (Fsp3) is 0.688. The first-order valence-electron chi connectivity index (χ1n) is 8.27. The van der Waals surface area contributed by atoms with Crippen LogP contribution in [-0.2, 0) is 14.0 Å². The molecule has 2 rings (SSSR count). The van der Waals surface area contributed by atoms with Gasteiger partial charge in [-0.1, -0.05) is 27.7 Å². The van der Waals surface area contributed by atoms with E-state index in [1.54, 1.807) is 12.4 Å². The molecule has 0 bridgehead atoms. The predicted molar refractivity (Wildman–Crippen MR) is 87.6 cm³/mol. The van der Waals surface area contributed by atoms with Crippen molar-refractivity contribution >= 4 is 18.6 Å². The molecule has 0 saturated carbocycles. The monoisotopic (exact) mass is 320 g/mol. The zero-order chi connectivity index (χ0) is 17.1. The zero-order valence-corrected chi connectivity index (χ0v) is 14.6. The van der Waals surface area contributed by atoms with Crippen molar-refractivity contribution in [2.75, 3.05) is 7.11 Å². The summed E-state index contributed by atoms with van der Waals surface area (Å²) in [5, 5.41) is 0. The summed E-state index contributed by atoms with van der Waals surface area (Å²) in [5.41, 5.74) is 0.0809. The van der Waals surface area contributed by atoms with Crippen LogP contribution in [0.4, 0.5) is 0 Å². The van der Waals surface area contributed by atoms with Crippen molar-refractivity contribution in [2.24, 2.45) is 0 Å². The van der Waals surface area contributed by atoms with E-state index in [2.05, 4.69) is 42.4 Å². The number of hydrogen-bond donors (Lipinski definition) is 0. The molecular weight excluding hydrogens is 295 g/mol. The molecule has 1 fully saturated rings. The summed E-state index contributed by atoms with van der Waals surface area (Å²) in [4.78, 5) is 19.5. The highest BCUT2D eigenvalue weighted by atomic mass is 16.7. The quantitative estimate of drug-likeness (QED) is 0.591. The van der Waals surface area contributed by atoms with Gasteiger partial charge in [0.2, 0.25) is 5.82 Å². The minimum Gasteiger partial charge on any atom is -0.463 e. The van der Waals surface area contributed by atoms with Gasteiger partial charge in [0.1, 0.15) is 0 Å². The minimum atomic E-state index is -0.558. The molecule has 0 atom stereocenters. The second-order valence-electron chi connectivity index (χ2n) is 5.80. The lowest BCUT2D eigenvalue weighted by atomic mass is 9.75. The summed E-state index contributed by atoms with van der Waals surface area (Å²) in [6.45, 7) is 8.52. The topological polar surface area (TPSA) is 70.5 Å². The smallest absolute Gasteiger partial charge is 0.463 e. The van der Waals surface area contributed by atoms with E-state index in [1.807, 2.05) is 0 Å². The largest absolute Gasteiger partial charge is 0.498 e. The highest BCUT2D eigenvalue weighted by Crippen LogP contribution is 2.46. The van der Waals surface area contributed by atoms with Gasteiger partial charge < -0.3 is 14.0 Å². The molecule has 0 radical (unpaired) electrons. The average molecular weight is 320 g/mol. The number of rotatable bonds is 6. The first-order valence-corrected chi connectivity index (χ1v) is 8.27. The van der Waals surface area contributed by atoms with Crippen LogP contribution in [0.1, 0.15) is 64.0 Å². The van der Waals surface area contributed by atoms with Crippen LogP contribution in [0, 0.1) is 0 Å². The molecule has 0 aliphatic carbocycles. The highest BCUT2D eigenvalue weighted by molar-refractivity contribution is 6.62. The van der Waals surface area contributed by atoms with E-state index in [0.29, 0.717) is 5.46 Å². The Morgan fingerprint density at radius 3 is 1.83 bits per heavy atom.